The van der Waals surface area contributed by atoms with Gasteiger partial charge in [-0.25, -0.2) is 18.0 Å². The molecule has 146 valence electrons. The van der Waals surface area contributed by atoms with Gasteiger partial charge in [-0.15, -0.1) is 0 Å². The second-order valence-corrected chi connectivity index (χ2v) is 6.28. The second kappa shape index (κ2) is 7.75. The molecule has 3 rings (SSSR count). The molecule has 0 saturated heterocycles. The molecule has 1 heterocycles. The van der Waals surface area contributed by atoms with Crippen LogP contribution in [-0.2, 0) is 0 Å². The largest absolute Gasteiger partial charge is 0.328 e. The predicted octanol–water partition coefficient (Wildman–Crippen LogP) is 4.56. The van der Waals surface area contributed by atoms with Crippen LogP contribution in [0.3, 0.4) is 0 Å². The second-order valence-electron chi connectivity index (χ2n) is 6.28. The highest BCUT2D eigenvalue weighted by Gasteiger charge is 2.23. The highest BCUT2D eigenvalue weighted by atomic mass is 19.2. The van der Waals surface area contributed by atoms with E-state index in [2.05, 4.69) is 10.3 Å². The zero-order chi connectivity index (χ0) is 20.4. The van der Waals surface area contributed by atoms with Crippen LogP contribution in [0, 0.1) is 17.5 Å². The Hall–Kier alpha value is -3.29. The van der Waals surface area contributed by atoms with Crippen LogP contribution in [0.4, 0.5) is 23.7 Å². The van der Waals surface area contributed by atoms with Gasteiger partial charge in [0.05, 0.1) is 11.4 Å². The number of rotatable bonds is 4. The topological polar surface area (TPSA) is 65.2 Å². The minimum absolute atomic E-state index is 0.00162. The summed E-state index contributed by atoms with van der Waals surface area (Å²) in [6, 6.07) is 6.09. The van der Waals surface area contributed by atoms with Gasteiger partial charge in [-0.05, 0) is 61.2 Å². The molecule has 0 bridgehead atoms. The summed E-state index contributed by atoms with van der Waals surface area (Å²) in [7, 11) is 0. The first-order chi connectivity index (χ1) is 13.3. The van der Waals surface area contributed by atoms with E-state index < -0.39 is 35.1 Å². The van der Waals surface area contributed by atoms with E-state index in [1.807, 2.05) is 0 Å². The highest BCUT2D eigenvalue weighted by molar-refractivity contribution is 5.90. The van der Waals surface area contributed by atoms with Gasteiger partial charge in [-0.3, -0.25) is 4.79 Å². The van der Waals surface area contributed by atoms with E-state index in [1.165, 1.54) is 35.4 Å². The molecule has 0 spiro atoms. The molecule has 2 N–H and O–H groups in total. The van der Waals surface area contributed by atoms with Crippen molar-refractivity contribution in [1.29, 1.82) is 0 Å². The third kappa shape index (κ3) is 3.71. The first-order valence-corrected chi connectivity index (χ1v) is 8.65. The molecule has 8 heteroatoms. The van der Waals surface area contributed by atoms with Crippen molar-refractivity contribution >= 4 is 22.5 Å². The Morgan fingerprint density at radius 1 is 1.11 bits per heavy atom. The van der Waals surface area contributed by atoms with E-state index in [9.17, 15) is 22.8 Å². The molecule has 0 fully saturated rings. The number of fused-ring (bicyclic) bond motifs is 1. The lowest BCUT2D eigenvalue weighted by Crippen LogP contribution is -2.37. The quantitative estimate of drug-likeness (QED) is 0.687. The number of urea groups is 1. The number of carbonyl (C=O) groups is 1. The lowest BCUT2D eigenvalue weighted by Gasteiger charge is -2.29. The Balaban J connectivity index is 1.96. The summed E-state index contributed by atoms with van der Waals surface area (Å²) in [5.41, 5.74) is 0.324. The van der Waals surface area contributed by atoms with Gasteiger partial charge in [0.25, 0.3) is 5.56 Å². The normalized spacial score (nSPS) is 12.0. The van der Waals surface area contributed by atoms with Crippen LogP contribution in [0.15, 0.2) is 47.4 Å². The maximum Gasteiger partial charge on any atom is 0.322 e. The number of amides is 2. The van der Waals surface area contributed by atoms with E-state index in [1.54, 1.807) is 13.8 Å². The number of nitrogens with zero attached hydrogens (tertiary/aromatic N) is 1. The van der Waals surface area contributed by atoms with Crippen molar-refractivity contribution in [2.75, 3.05) is 11.9 Å². The summed E-state index contributed by atoms with van der Waals surface area (Å²) >= 11 is 0. The molecule has 0 aliphatic heterocycles. The van der Waals surface area contributed by atoms with Gasteiger partial charge < -0.3 is 15.2 Å². The molecule has 0 aliphatic rings. The maximum absolute atomic E-state index is 13.8. The van der Waals surface area contributed by atoms with E-state index in [4.69, 9.17) is 0 Å². The zero-order valence-electron chi connectivity index (χ0n) is 15.2. The van der Waals surface area contributed by atoms with Crippen LogP contribution >= 0.6 is 0 Å². The summed E-state index contributed by atoms with van der Waals surface area (Å²) < 4.78 is 40.4. The number of benzene rings is 2. The van der Waals surface area contributed by atoms with Crippen molar-refractivity contribution in [3.05, 3.63) is 76.0 Å². The molecule has 1 aromatic heterocycles. The third-order valence-corrected chi connectivity index (χ3v) is 4.59. The lowest BCUT2D eigenvalue weighted by atomic mass is 10.0. The number of aromatic nitrogens is 1. The molecular formula is C20H18F3N3O2. The summed E-state index contributed by atoms with van der Waals surface area (Å²) in [5, 5.41) is 2.89. The SMILES string of the molecule is CCN(C(=O)Nc1ccc(F)cc1)[C@@H](C)c1c[nH]c(=O)c2cc(F)c(F)cc12. The van der Waals surface area contributed by atoms with Crippen molar-refractivity contribution < 1.29 is 18.0 Å². The molecule has 0 unspecified atom stereocenters. The molecule has 0 radical (unpaired) electrons. The van der Waals surface area contributed by atoms with Crippen LogP contribution in [0.1, 0.15) is 25.5 Å². The van der Waals surface area contributed by atoms with Gasteiger partial charge in [0.1, 0.15) is 5.82 Å². The smallest absolute Gasteiger partial charge is 0.322 e. The zero-order valence-corrected chi connectivity index (χ0v) is 15.2. The maximum atomic E-state index is 13.8. The Labute approximate surface area is 158 Å². The first-order valence-electron chi connectivity index (χ1n) is 8.65. The average Bonchev–Trinajstić information content (AvgIpc) is 2.66. The van der Waals surface area contributed by atoms with E-state index in [-0.39, 0.29) is 10.8 Å². The summed E-state index contributed by atoms with van der Waals surface area (Å²) in [5.74, 6) is -2.62. The first kappa shape index (κ1) is 19.5. The van der Waals surface area contributed by atoms with Gasteiger partial charge in [-0.2, -0.15) is 0 Å². The van der Waals surface area contributed by atoms with Crippen LogP contribution in [-0.4, -0.2) is 22.5 Å². The molecule has 3 aromatic rings. The molecule has 1 atom stereocenters. The van der Waals surface area contributed by atoms with Crippen LogP contribution in [0.25, 0.3) is 10.8 Å². The van der Waals surface area contributed by atoms with Crippen molar-refractivity contribution in [2.45, 2.75) is 19.9 Å². The Morgan fingerprint density at radius 2 is 1.71 bits per heavy atom. The Morgan fingerprint density at radius 3 is 2.32 bits per heavy atom. The average molecular weight is 389 g/mol. The summed E-state index contributed by atoms with van der Waals surface area (Å²) in [4.78, 5) is 28.6. The molecule has 28 heavy (non-hydrogen) atoms. The Bertz CT molecular complexity index is 1080. The van der Waals surface area contributed by atoms with Gasteiger partial charge in [-0.1, -0.05) is 0 Å². The highest BCUT2D eigenvalue weighted by Crippen LogP contribution is 2.28. The van der Waals surface area contributed by atoms with Crippen LogP contribution in [0.2, 0.25) is 0 Å². The van der Waals surface area contributed by atoms with Crippen LogP contribution < -0.4 is 10.9 Å². The van der Waals surface area contributed by atoms with E-state index >= 15 is 0 Å². The number of anilines is 1. The Kier molecular flexibility index (Phi) is 5.39. The molecule has 5 nitrogen and oxygen atoms in total. The number of hydrogen-bond donors (Lipinski definition) is 2. The predicted molar refractivity (Wildman–Crippen MR) is 101 cm³/mol. The van der Waals surface area contributed by atoms with Crippen LogP contribution in [0.5, 0.6) is 0 Å². The van der Waals surface area contributed by atoms with E-state index in [0.717, 1.165) is 12.1 Å². The lowest BCUT2D eigenvalue weighted by molar-refractivity contribution is 0.197. The molecular weight excluding hydrogens is 371 g/mol. The van der Waals surface area contributed by atoms with Gasteiger partial charge >= 0.3 is 6.03 Å². The third-order valence-electron chi connectivity index (χ3n) is 4.59. The molecule has 0 saturated carbocycles. The molecule has 2 aromatic carbocycles. The monoisotopic (exact) mass is 389 g/mol. The fourth-order valence-electron chi connectivity index (χ4n) is 3.11. The van der Waals surface area contributed by atoms with Crippen molar-refractivity contribution in [2.24, 2.45) is 0 Å². The number of aromatic amines is 1. The molecule has 2 amide bonds. The fraction of sp³-hybridized carbons (Fsp3) is 0.200. The van der Waals surface area contributed by atoms with Gasteiger partial charge in [0.2, 0.25) is 0 Å². The summed E-state index contributed by atoms with van der Waals surface area (Å²) in [6.07, 6.45) is 1.39. The minimum atomic E-state index is -1.12. The number of nitrogens with one attached hydrogen (secondary N) is 2. The van der Waals surface area contributed by atoms with E-state index in [0.29, 0.717) is 17.8 Å². The number of pyridine rings is 1. The fourth-order valence-corrected chi connectivity index (χ4v) is 3.11. The standard InChI is InChI=1S/C20H18F3N3O2/c1-3-26(20(28)25-13-6-4-12(21)5-7-13)11(2)16-10-24-19(27)15-9-18(23)17(22)8-14(15)16/h4-11H,3H2,1-2H3,(H,24,27)(H,25,28)/t11-/m0/s1. The number of hydrogen-bond acceptors (Lipinski definition) is 2. The number of H-pyrrole nitrogens is 1. The van der Waals surface area contributed by atoms with Gasteiger partial charge in [0, 0.05) is 18.4 Å². The van der Waals surface area contributed by atoms with Crippen molar-refractivity contribution in [3.8, 4) is 0 Å². The number of halogens is 3. The number of carbonyl (C=O) groups excluding carboxylic acids is 1. The van der Waals surface area contributed by atoms with Crippen molar-refractivity contribution in [1.82, 2.24) is 9.88 Å². The molecule has 0 aliphatic carbocycles. The van der Waals surface area contributed by atoms with Gasteiger partial charge in [0.15, 0.2) is 11.6 Å². The minimum Gasteiger partial charge on any atom is -0.328 e. The van der Waals surface area contributed by atoms with Crippen molar-refractivity contribution in [3.63, 3.8) is 0 Å². The summed E-state index contributed by atoms with van der Waals surface area (Å²) in [6.45, 7) is 3.77.